The van der Waals surface area contributed by atoms with Gasteiger partial charge in [-0.2, -0.15) is 0 Å². The standard InChI is InChI=1S/C41H27N3/c1-3-12-28(13-4-1)39-26-40(44-41(43-39)29-14-5-2-6-15-29)34-23-32(31-17-11-21-42-27-31)22-33(24-34)38-25-30-16-7-8-18-35(30)36-19-9-10-20-37(36)38/h1-27H. The van der Waals surface area contributed by atoms with E-state index < -0.39 is 0 Å². The second-order valence-electron chi connectivity index (χ2n) is 10.9. The Morgan fingerprint density at radius 1 is 0.364 bits per heavy atom. The van der Waals surface area contributed by atoms with Gasteiger partial charge in [-0.05, 0) is 74.6 Å². The zero-order chi connectivity index (χ0) is 29.3. The second-order valence-corrected chi connectivity index (χ2v) is 10.9. The maximum Gasteiger partial charge on any atom is 0.160 e. The highest BCUT2D eigenvalue weighted by molar-refractivity contribution is 6.14. The molecule has 0 amide bonds. The molecule has 8 aromatic rings. The van der Waals surface area contributed by atoms with Crippen molar-refractivity contribution < 1.29 is 0 Å². The zero-order valence-corrected chi connectivity index (χ0v) is 23.9. The first-order valence-corrected chi connectivity index (χ1v) is 14.8. The molecule has 2 heterocycles. The highest BCUT2D eigenvalue weighted by Crippen LogP contribution is 2.39. The van der Waals surface area contributed by atoms with Gasteiger partial charge in [-0.3, -0.25) is 4.98 Å². The van der Waals surface area contributed by atoms with E-state index in [9.17, 15) is 0 Å². The number of rotatable bonds is 5. The largest absolute Gasteiger partial charge is 0.264 e. The Hall–Kier alpha value is -5.93. The van der Waals surface area contributed by atoms with Crippen LogP contribution in [0.4, 0.5) is 0 Å². The topological polar surface area (TPSA) is 38.7 Å². The van der Waals surface area contributed by atoms with Crippen LogP contribution in [0.5, 0.6) is 0 Å². The average molecular weight is 562 g/mol. The lowest BCUT2D eigenvalue weighted by Crippen LogP contribution is -1.96. The molecular formula is C41H27N3. The van der Waals surface area contributed by atoms with E-state index in [0.717, 1.165) is 44.8 Å². The lowest BCUT2D eigenvalue weighted by atomic mass is 9.90. The van der Waals surface area contributed by atoms with Crippen molar-refractivity contribution in [3.8, 4) is 56.2 Å². The maximum absolute atomic E-state index is 5.15. The summed E-state index contributed by atoms with van der Waals surface area (Å²) in [4.78, 5) is 14.6. The molecule has 0 bridgehead atoms. The van der Waals surface area contributed by atoms with Gasteiger partial charge in [0.1, 0.15) is 0 Å². The highest BCUT2D eigenvalue weighted by Gasteiger charge is 2.15. The van der Waals surface area contributed by atoms with Crippen LogP contribution in [-0.2, 0) is 0 Å². The molecule has 3 nitrogen and oxygen atoms in total. The lowest BCUT2D eigenvalue weighted by molar-refractivity contribution is 1.18. The van der Waals surface area contributed by atoms with Crippen molar-refractivity contribution in [3.05, 3.63) is 164 Å². The van der Waals surface area contributed by atoms with E-state index in [1.54, 1.807) is 0 Å². The van der Waals surface area contributed by atoms with Crippen LogP contribution >= 0.6 is 0 Å². The third-order valence-electron chi connectivity index (χ3n) is 8.13. The molecule has 0 atom stereocenters. The third-order valence-corrected chi connectivity index (χ3v) is 8.13. The van der Waals surface area contributed by atoms with Gasteiger partial charge in [0.25, 0.3) is 0 Å². The first-order valence-electron chi connectivity index (χ1n) is 14.8. The van der Waals surface area contributed by atoms with E-state index in [-0.39, 0.29) is 0 Å². The molecule has 0 saturated carbocycles. The Labute approximate surface area is 256 Å². The summed E-state index contributed by atoms with van der Waals surface area (Å²) in [5.41, 5.74) is 9.28. The fourth-order valence-electron chi connectivity index (χ4n) is 5.99. The molecule has 0 radical (unpaired) electrons. The smallest absolute Gasteiger partial charge is 0.160 e. The third kappa shape index (κ3) is 4.81. The predicted octanol–water partition coefficient (Wildman–Crippen LogP) is 10.5. The molecule has 0 fully saturated rings. The molecular weight excluding hydrogens is 534 g/mol. The van der Waals surface area contributed by atoms with E-state index in [0.29, 0.717) is 5.82 Å². The molecule has 2 aromatic heterocycles. The van der Waals surface area contributed by atoms with Gasteiger partial charge in [0.05, 0.1) is 11.4 Å². The molecule has 0 saturated heterocycles. The fourth-order valence-corrected chi connectivity index (χ4v) is 5.99. The molecule has 206 valence electrons. The summed E-state index contributed by atoms with van der Waals surface area (Å²) in [6.45, 7) is 0. The summed E-state index contributed by atoms with van der Waals surface area (Å²) in [5.74, 6) is 0.700. The van der Waals surface area contributed by atoms with Gasteiger partial charge in [0.15, 0.2) is 5.82 Å². The van der Waals surface area contributed by atoms with E-state index in [2.05, 4.69) is 114 Å². The molecule has 0 N–H and O–H groups in total. The Morgan fingerprint density at radius 2 is 0.955 bits per heavy atom. The minimum atomic E-state index is 0.700. The van der Waals surface area contributed by atoms with Crippen molar-refractivity contribution in [1.82, 2.24) is 15.0 Å². The quantitative estimate of drug-likeness (QED) is 0.196. The summed E-state index contributed by atoms with van der Waals surface area (Å²) in [7, 11) is 0. The van der Waals surface area contributed by atoms with Gasteiger partial charge < -0.3 is 0 Å². The van der Waals surface area contributed by atoms with Crippen molar-refractivity contribution in [1.29, 1.82) is 0 Å². The van der Waals surface area contributed by atoms with Gasteiger partial charge in [0, 0.05) is 34.6 Å². The number of hydrogen-bond donors (Lipinski definition) is 0. The number of pyridine rings is 1. The summed E-state index contributed by atoms with van der Waals surface area (Å²) in [6.07, 6.45) is 3.74. The van der Waals surface area contributed by atoms with Crippen LogP contribution in [0.25, 0.3) is 77.7 Å². The lowest BCUT2D eigenvalue weighted by Gasteiger charge is -2.15. The molecule has 0 spiro atoms. The van der Waals surface area contributed by atoms with E-state index in [4.69, 9.17) is 9.97 Å². The number of benzene rings is 6. The molecule has 0 aliphatic carbocycles. The Morgan fingerprint density at radius 3 is 1.70 bits per heavy atom. The predicted molar refractivity (Wildman–Crippen MR) is 182 cm³/mol. The molecule has 44 heavy (non-hydrogen) atoms. The van der Waals surface area contributed by atoms with Gasteiger partial charge in [-0.25, -0.2) is 9.97 Å². The van der Waals surface area contributed by atoms with Crippen LogP contribution in [0.2, 0.25) is 0 Å². The van der Waals surface area contributed by atoms with Gasteiger partial charge in [0.2, 0.25) is 0 Å². The first-order chi connectivity index (χ1) is 21.8. The zero-order valence-electron chi connectivity index (χ0n) is 23.9. The van der Waals surface area contributed by atoms with Crippen molar-refractivity contribution in [2.45, 2.75) is 0 Å². The van der Waals surface area contributed by atoms with Crippen LogP contribution in [0, 0.1) is 0 Å². The Bertz CT molecular complexity index is 2200. The van der Waals surface area contributed by atoms with Crippen molar-refractivity contribution >= 4 is 21.5 Å². The fraction of sp³-hybridized carbons (Fsp3) is 0. The summed E-state index contributed by atoms with van der Waals surface area (Å²) in [6, 6.07) is 53.1. The molecule has 0 aliphatic heterocycles. The van der Waals surface area contributed by atoms with Crippen molar-refractivity contribution in [2.75, 3.05) is 0 Å². The average Bonchev–Trinajstić information content (AvgIpc) is 3.12. The molecule has 8 rings (SSSR count). The highest BCUT2D eigenvalue weighted by atomic mass is 14.9. The molecule has 6 aromatic carbocycles. The number of fused-ring (bicyclic) bond motifs is 3. The van der Waals surface area contributed by atoms with E-state index in [1.165, 1.54) is 27.1 Å². The van der Waals surface area contributed by atoms with Crippen LogP contribution in [-0.4, -0.2) is 15.0 Å². The van der Waals surface area contributed by atoms with Crippen molar-refractivity contribution in [2.24, 2.45) is 0 Å². The first kappa shape index (κ1) is 25.8. The van der Waals surface area contributed by atoms with Crippen LogP contribution in [0.1, 0.15) is 0 Å². The summed E-state index contributed by atoms with van der Waals surface area (Å²) < 4.78 is 0. The number of nitrogens with zero attached hydrogens (tertiary/aromatic N) is 3. The maximum atomic E-state index is 5.15. The van der Waals surface area contributed by atoms with E-state index in [1.807, 2.05) is 54.9 Å². The molecule has 0 aliphatic rings. The van der Waals surface area contributed by atoms with E-state index >= 15 is 0 Å². The Balaban J connectivity index is 1.41. The van der Waals surface area contributed by atoms with Crippen LogP contribution < -0.4 is 0 Å². The molecule has 3 heteroatoms. The second kappa shape index (κ2) is 11.0. The molecule has 0 unspecified atom stereocenters. The van der Waals surface area contributed by atoms with Gasteiger partial charge in [-0.15, -0.1) is 0 Å². The SMILES string of the molecule is c1ccc(-c2cc(-c3cc(-c4cccnc4)cc(-c4cc5ccccc5c5ccccc45)c3)nc(-c3ccccc3)n2)cc1. The summed E-state index contributed by atoms with van der Waals surface area (Å²) in [5, 5.41) is 4.94. The monoisotopic (exact) mass is 561 g/mol. The minimum absolute atomic E-state index is 0.700. The van der Waals surface area contributed by atoms with Crippen LogP contribution in [0.15, 0.2) is 164 Å². The number of aromatic nitrogens is 3. The Kier molecular flexibility index (Phi) is 6.47. The van der Waals surface area contributed by atoms with Gasteiger partial charge in [-0.1, -0.05) is 115 Å². The summed E-state index contributed by atoms with van der Waals surface area (Å²) >= 11 is 0. The van der Waals surface area contributed by atoms with Crippen molar-refractivity contribution in [3.63, 3.8) is 0 Å². The minimum Gasteiger partial charge on any atom is -0.264 e. The van der Waals surface area contributed by atoms with Gasteiger partial charge >= 0.3 is 0 Å². The van der Waals surface area contributed by atoms with Crippen LogP contribution in [0.3, 0.4) is 0 Å². The number of hydrogen-bond acceptors (Lipinski definition) is 3. The normalized spacial score (nSPS) is 11.2.